The molecule has 0 saturated carbocycles. The minimum Gasteiger partial charge on any atom is -0.318 e. The van der Waals surface area contributed by atoms with Gasteiger partial charge in [-0.2, -0.15) is 0 Å². The van der Waals surface area contributed by atoms with Crippen LogP contribution in [0.4, 0.5) is 5.69 Å². The number of nitrogens with one attached hydrogen (secondary N) is 2. The van der Waals surface area contributed by atoms with Gasteiger partial charge in [-0.15, -0.1) is 0 Å². The maximum atomic E-state index is 12.5. The van der Waals surface area contributed by atoms with E-state index < -0.39 is 5.92 Å². The quantitative estimate of drug-likeness (QED) is 0.760. The van der Waals surface area contributed by atoms with E-state index in [1.54, 1.807) is 53.5 Å². The Balaban J connectivity index is 1.74. The van der Waals surface area contributed by atoms with Gasteiger partial charge in [0.1, 0.15) is 17.2 Å². The number of hydrogen-bond donors (Lipinski definition) is 2. The molecule has 1 aromatic carbocycles. The number of Topliss-reactive ketones (excluding diaryl/α,β-unsaturated/α-hetero) is 1. The molecule has 7 heteroatoms. The van der Waals surface area contributed by atoms with E-state index in [9.17, 15) is 9.59 Å². The number of rotatable bonds is 1. The van der Waals surface area contributed by atoms with E-state index in [4.69, 9.17) is 17.0 Å². The summed E-state index contributed by atoms with van der Waals surface area (Å²) in [7, 11) is 0. The predicted octanol–water partition coefficient (Wildman–Crippen LogP) is 2.23. The zero-order valence-electron chi connectivity index (χ0n) is 13.0. The van der Waals surface area contributed by atoms with E-state index in [2.05, 4.69) is 10.3 Å². The second-order valence-corrected chi connectivity index (χ2v) is 6.24. The van der Waals surface area contributed by atoms with Crippen molar-refractivity contribution in [3.05, 3.63) is 65.0 Å². The first-order chi connectivity index (χ1) is 12.0. The van der Waals surface area contributed by atoms with Crippen LogP contribution in [0.5, 0.6) is 0 Å². The van der Waals surface area contributed by atoms with E-state index in [1.165, 1.54) is 0 Å². The number of fused-ring (bicyclic) bond motifs is 1. The molecule has 1 aliphatic carbocycles. The van der Waals surface area contributed by atoms with Crippen molar-refractivity contribution < 1.29 is 9.59 Å². The lowest BCUT2D eigenvalue weighted by Crippen LogP contribution is -2.39. The molecule has 0 bridgehead atoms. The standard InChI is InChI=1S/C18H13ClN4O2/c19-10-5-7-11(8-6-10)23-9-14(24)15(16(23)20)17-21-13-4-2-1-3-12(13)18(25)22-17/h1-8,12,20H,9H2,(H,22,25)/b17-15-,20-16?. The van der Waals surface area contributed by atoms with Crippen molar-refractivity contribution in [2.45, 2.75) is 0 Å². The Morgan fingerprint density at radius 1 is 1.20 bits per heavy atom. The van der Waals surface area contributed by atoms with Crippen molar-refractivity contribution in [2.24, 2.45) is 10.9 Å². The van der Waals surface area contributed by atoms with Crippen LogP contribution in [0, 0.1) is 11.3 Å². The molecule has 124 valence electrons. The first-order valence-corrected chi connectivity index (χ1v) is 8.06. The molecule has 0 spiro atoms. The summed E-state index contributed by atoms with van der Waals surface area (Å²) in [5.74, 6) is -0.803. The number of carbonyl (C=O) groups is 2. The van der Waals surface area contributed by atoms with Crippen LogP contribution in [-0.2, 0) is 9.59 Å². The first-order valence-electron chi connectivity index (χ1n) is 7.68. The number of amides is 1. The van der Waals surface area contributed by atoms with Crippen LogP contribution in [0.3, 0.4) is 0 Å². The van der Waals surface area contributed by atoms with E-state index in [1.807, 2.05) is 0 Å². The molecule has 1 atom stereocenters. The van der Waals surface area contributed by atoms with Gasteiger partial charge in [-0.25, -0.2) is 4.99 Å². The Bertz CT molecular complexity index is 925. The SMILES string of the molecule is N=C1/C(=C2/N=C3C=CC=CC3C(=O)N2)C(=O)CN1c1ccc(Cl)cc1. The largest absolute Gasteiger partial charge is 0.318 e. The Morgan fingerprint density at radius 3 is 2.72 bits per heavy atom. The number of benzene rings is 1. The van der Waals surface area contributed by atoms with Crippen LogP contribution in [0.1, 0.15) is 0 Å². The summed E-state index contributed by atoms with van der Waals surface area (Å²) in [5, 5.41) is 11.6. The van der Waals surface area contributed by atoms with Gasteiger partial charge in [0.15, 0.2) is 5.78 Å². The summed E-state index contributed by atoms with van der Waals surface area (Å²) >= 11 is 5.89. The van der Waals surface area contributed by atoms with Crippen LogP contribution in [-0.4, -0.2) is 29.8 Å². The van der Waals surface area contributed by atoms with Gasteiger partial charge in [-0.1, -0.05) is 29.8 Å². The molecule has 2 heterocycles. The van der Waals surface area contributed by atoms with Crippen molar-refractivity contribution in [1.82, 2.24) is 5.32 Å². The number of aliphatic imine (C=N–C) groups is 1. The average molecular weight is 353 g/mol. The third-order valence-corrected chi connectivity index (χ3v) is 4.48. The molecule has 2 aliphatic heterocycles. The van der Waals surface area contributed by atoms with E-state index in [0.29, 0.717) is 16.4 Å². The lowest BCUT2D eigenvalue weighted by Gasteiger charge is -2.23. The van der Waals surface area contributed by atoms with Gasteiger partial charge in [0.2, 0.25) is 5.91 Å². The molecule has 1 fully saturated rings. The van der Waals surface area contributed by atoms with Gasteiger partial charge < -0.3 is 10.2 Å². The molecule has 25 heavy (non-hydrogen) atoms. The smallest absolute Gasteiger partial charge is 0.238 e. The Labute approximate surface area is 148 Å². The number of anilines is 1. The van der Waals surface area contributed by atoms with Crippen LogP contribution in [0.2, 0.25) is 5.02 Å². The number of nitrogens with zero attached hydrogens (tertiary/aromatic N) is 2. The van der Waals surface area contributed by atoms with Crippen molar-refractivity contribution in [3.63, 3.8) is 0 Å². The van der Waals surface area contributed by atoms with E-state index >= 15 is 0 Å². The Hall–Kier alpha value is -2.99. The summed E-state index contributed by atoms with van der Waals surface area (Å²) in [5.41, 5.74) is 1.38. The molecule has 0 radical (unpaired) electrons. The number of hydrogen-bond acceptors (Lipinski definition) is 4. The topological polar surface area (TPSA) is 85.6 Å². The van der Waals surface area contributed by atoms with Gasteiger partial charge in [-0.3, -0.25) is 15.0 Å². The second-order valence-electron chi connectivity index (χ2n) is 5.81. The summed E-state index contributed by atoms with van der Waals surface area (Å²) < 4.78 is 0. The molecule has 2 N–H and O–H groups in total. The normalized spacial score (nSPS) is 25.2. The molecule has 1 saturated heterocycles. The number of carbonyl (C=O) groups excluding carboxylic acids is 2. The minimum absolute atomic E-state index is 0.0146. The highest BCUT2D eigenvalue weighted by molar-refractivity contribution is 6.34. The molecule has 1 aromatic rings. The Morgan fingerprint density at radius 2 is 1.96 bits per heavy atom. The third kappa shape index (κ3) is 2.60. The molecular weight excluding hydrogens is 340 g/mol. The highest BCUT2D eigenvalue weighted by Crippen LogP contribution is 2.28. The first kappa shape index (κ1) is 15.5. The fourth-order valence-electron chi connectivity index (χ4n) is 2.98. The zero-order valence-corrected chi connectivity index (χ0v) is 13.7. The van der Waals surface area contributed by atoms with Crippen LogP contribution in [0.25, 0.3) is 0 Å². The fourth-order valence-corrected chi connectivity index (χ4v) is 3.11. The van der Waals surface area contributed by atoms with Gasteiger partial charge in [-0.05, 0) is 30.3 Å². The summed E-state index contributed by atoms with van der Waals surface area (Å²) in [6.45, 7) is 0.0270. The van der Waals surface area contributed by atoms with Gasteiger partial charge in [0.25, 0.3) is 0 Å². The zero-order chi connectivity index (χ0) is 17.6. The lowest BCUT2D eigenvalue weighted by molar-refractivity contribution is -0.121. The Kier molecular flexibility index (Phi) is 3.62. The van der Waals surface area contributed by atoms with Crippen molar-refractivity contribution in [1.29, 1.82) is 5.41 Å². The number of amidine groups is 1. The van der Waals surface area contributed by atoms with Crippen molar-refractivity contribution in [2.75, 3.05) is 11.4 Å². The number of halogens is 1. The molecular formula is C18H13ClN4O2. The van der Waals surface area contributed by atoms with Crippen molar-refractivity contribution in [3.8, 4) is 0 Å². The number of allylic oxidation sites excluding steroid dienone is 3. The third-order valence-electron chi connectivity index (χ3n) is 4.23. The van der Waals surface area contributed by atoms with Crippen LogP contribution in [0.15, 0.2) is 65.0 Å². The maximum absolute atomic E-state index is 12.5. The average Bonchev–Trinajstić information content (AvgIpc) is 2.90. The molecule has 1 amide bonds. The molecule has 0 aromatic heterocycles. The molecule has 1 unspecified atom stereocenters. The molecule has 3 aliphatic rings. The fraction of sp³-hybridized carbons (Fsp3) is 0.111. The highest BCUT2D eigenvalue weighted by atomic mass is 35.5. The van der Waals surface area contributed by atoms with E-state index in [0.717, 1.165) is 0 Å². The van der Waals surface area contributed by atoms with Crippen LogP contribution < -0.4 is 10.2 Å². The highest BCUT2D eigenvalue weighted by Gasteiger charge is 2.37. The summed E-state index contributed by atoms with van der Waals surface area (Å²) in [6.07, 6.45) is 7.06. The van der Waals surface area contributed by atoms with Crippen molar-refractivity contribution >= 4 is 40.5 Å². The lowest BCUT2D eigenvalue weighted by atomic mass is 9.95. The van der Waals surface area contributed by atoms with Gasteiger partial charge in [0.05, 0.1) is 18.2 Å². The molecule has 6 nitrogen and oxygen atoms in total. The monoisotopic (exact) mass is 352 g/mol. The molecule has 4 rings (SSSR count). The van der Waals surface area contributed by atoms with Gasteiger partial charge in [0, 0.05) is 10.7 Å². The number of ketones is 1. The van der Waals surface area contributed by atoms with Crippen LogP contribution >= 0.6 is 11.6 Å². The van der Waals surface area contributed by atoms with E-state index in [-0.39, 0.29) is 35.5 Å². The predicted molar refractivity (Wildman–Crippen MR) is 95.9 cm³/mol. The van der Waals surface area contributed by atoms with Gasteiger partial charge >= 0.3 is 0 Å². The minimum atomic E-state index is -0.451. The summed E-state index contributed by atoms with van der Waals surface area (Å²) in [4.78, 5) is 30.7. The maximum Gasteiger partial charge on any atom is 0.238 e. The summed E-state index contributed by atoms with van der Waals surface area (Å²) in [6, 6.07) is 6.89. The second kappa shape index (κ2) is 5.82.